The highest BCUT2D eigenvalue weighted by atomic mass is 16.5. The van der Waals surface area contributed by atoms with Crippen molar-refractivity contribution in [2.75, 3.05) is 6.61 Å². The number of ether oxygens (including phenoxy) is 1. The van der Waals surface area contributed by atoms with Crippen molar-refractivity contribution in [3.8, 4) is 0 Å². The Labute approximate surface area is 142 Å². The SMILES string of the molecule is CCc1ccc([C@@H](NC(=O)COC(=O)c2ccc[nH]2)C(C)C)cc1. The highest BCUT2D eigenvalue weighted by molar-refractivity contribution is 5.89. The minimum Gasteiger partial charge on any atom is -0.451 e. The Morgan fingerprint density at radius 1 is 1.17 bits per heavy atom. The third kappa shape index (κ3) is 4.72. The molecule has 0 radical (unpaired) electrons. The second-order valence-corrected chi connectivity index (χ2v) is 6.04. The summed E-state index contributed by atoms with van der Waals surface area (Å²) in [6.07, 6.45) is 2.61. The summed E-state index contributed by atoms with van der Waals surface area (Å²) in [6.45, 7) is 5.90. The summed E-state index contributed by atoms with van der Waals surface area (Å²) in [6, 6.07) is 11.4. The summed E-state index contributed by atoms with van der Waals surface area (Å²) in [7, 11) is 0. The summed E-state index contributed by atoms with van der Waals surface area (Å²) in [5.74, 6) is -0.628. The highest BCUT2D eigenvalue weighted by Crippen LogP contribution is 2.22. The van der Waals surface area contributed by atoms with E-state index in [-0.39, 0.29) is 24.5 Å². The Hall–Kier alpha value is -2.56. The number of H-pyrrole nitrogens is 1. The standard InChI is InChI=1S/C19H24N2O3/c1-4-14-7-9-15(10-8-14)18(13(2)3)21-17(22)12-24-19(23)16-6-5-11-20-16/h5-11,13,18,20H,4,12H2,1-3H3,(H,21,22)/t18-/m0/s1. The summed E-state index contributed by atoms with van der Waals surface area (Å²) in [4.78, 5) is 26.6. The van der Waals surface area contributed by atoms with Crippen LogP contribution in [0.1, 0.15) is 48.4 Å². The monoisotopic (exact) mass is 328 g/mol. The molecule has 1 atom stereocenters. The van der Waals surface area contributed by atoms with Crippen LogP contribution in [0.3, 0.4) is 0 Å². The first-order chi connectivity index (χ1) is 11.5. The van der Waals surface area contributed by atoms with Gasteiger partial charge in [0, 0.05) is 6.20 Å². The van der Waals surface area contributed by atoms with Crippen LogP contribution in [-0.4, -0.2) is 23.5 Å². The summed E-state index contributed by atoms with van der Waals surface area (Å²) < 4.78 is 5.02. The zero-order valence-corrected chi connectivity index (χ0v) is 14.3. The van der Waals surface area contributed by atoms with Gasteiger partial charge in [-0.2, -0.15) is 0 Å². The molecule has 2 aromatic rings. The summed E-state index contributed by atoms with van der Waals surface area (Å²) in [5, 5.41) is 2.94. The highest BCUT2D eigenvalue weighted by Gasteiger charge is 2.19. The third-order valence-corrected chi connectivity index (χ3v) is 3.88. The quantitative estimate of drug-likeness (QED) is 0.767. The molecule has 2 rings (SSSR count). The van der Waals surface area contributed by atoms with Gasteiger partial charge in [0.25, 0.3) is 5.91 Å². The van der Waals surface area contributed by atoms with Crippen LogP contribution in [0.25, 0.3) is 0 Å². The topological polar surface area (TPSA) is 71.2 Å². The van der Waals surface area contributed by atoms with Crippen molar-refractivity contribution < 1.29 is 14.3 Å². The lowest BCUT2D eigenvalue weighted by Crippen LogP contribution is -2.35. The number of carbonyl (C=O) groups excluding carboxylic acids is 2. The average Bonchev–Trinajstić information content (AvgIpc) is 3.12. The number of carbonyl (C=O) groups is 2. The maximum absolute atomic E-state index is 12.1. The molecular weight excluding hydrogens is 304 g/mol. The summed E-state index contributed by atoms with van der Waals surface area (Å²) in [5.41, 5.74) is 2.64. The number of hydrogen-bond acceptors (Lipinski definition) is 3. The number of rotatable bonds is 7. The van der Waals surface area contributed by atoms with E-state index in [0.29, 0.717) is 5.69 Å². The van der Waals surface area contributed by atoms with Crippen molar-refractivity contribution in [2.24, 2.45) is 5.92 Å². The minimum atomic E-state index is -0.538. The van der Waals surface area contributed by atoms with E-state index in [9.17, 15) is 9.59 Å². The maximum atomic E-state index is 12.1. The van der Waals surface area contributed by atoms with E-state index < -0.39 is 5.97 Å². The van der Waals surface area contributed by atoms with Gasteiger partial charge in [-0.05, 0) is 35.6 Å². The lowest BCUT2D eigenvalue weighted by Gasteiger charge is -2.23. The van der Waals surface area contributed by atoms with Crippen molar-refractivity contribution in [3.63, 3.8) is 0 Å². The van der Waals surface area contributed by atoms with Crippen LogP contribution in [0, 0.1) is 5.92 Å². The van der Waals surface area contributed by atoms with E-state index in [1.54, 1.807) is 18.3 Å². The number of aromatic amines is 1. The van der Waals surface area contributed by atoms with Crippen molar-refractivity contribution in [2.45, 2.75) is 33.2 Å². The average molecular weight is 328 g/mol. The molecule has 0 aliphatic carbocycles. The molecule has 2 N–H and O–H groups in total. The predicted octanol–water partition coefficient (Wildman–Crippen LogP) is 3.25. The molecule has 5 heteroatoms. The first-order valence-electron chi connectivity index (χ1n) is 8.20. The fraction of sp³-hybridized carbons (Fsp3) is 0.368. The number of amides is 1. The zero-order chi connectivity index (χ0) is 17.5. The maximum Gasteiger partial charge on any atom is 0.355 e. The largest absolute Gasteiger partial charge is 0.451 e. The molecule has 0 saturated heterocycles. The van der Waals surface area contributed by atoms with Crippen molar-refractivity contribution in [1.82, 2.24) is 10.3 Å². The first-order valence-corrected chi connectivity index (χ1v) is 8.20. The fourth-order valence-corrected chi connectivity index (χ4v) is 2.48. The van der Waals surface area contributed by atoms with Gasteiger partial charge >= 0.3 is 5.97 Å². The number of aromatic nitrogens is 1. The van der Waals surface area contributed by atoms with Crippen LogP contribution in [0.4, 0.5) is 0 Å². The van der Waals surface area contributed by atoms with Crippen LogP contribution < -0.4 is 5.32 Å². The Morgan fingerprint density at radius 2 is 1.88 bits per heavy atom. The number of nitrogens with one attached hydrogen (secondary N) is 2. The molecule has 1 heterocycles. The Bertz CT molecular complexity index is 660. The normalized spacial score (nSPS) is 12.0. The van der Waals surface area contributed by atoms with Crippen LogP contribution in [0.5, 0.6) is 0 Å². The second-order valence-electron chi connectivity index (χ2n) is 6.04. The second kappa shape index (κ2) is 8.34. The zero-order valence-electron chi connectivity index (χ0n) is 14.3. The number of benzene rings is 1. The van der Waals surface area contributed by atoms with Crippen LogP contribution in [0.15, 0.2) is 42.6 Å². The molecule has 0 fully saturated rings. The van der Waals surface area contributed by atoms with E-state index in [1.807, 2.05) is 26.0 Å². The molecule has 0 spiro atoms. The number of esters is 1. The molecule has 0 unspecified atom stereocenters. The molecule has 1 aromatic carbocycles. The number of hydrogen-bond donors (Lipinski definition) is 2. The van der Waals surface area contributed by atoms with E-state index in [2.05, 4.69) is 29.4 Å². The molecular formula is C19H24N2O3. The van der Waals surface area contributed by atoms with Gasteiger partial charge in [-0.3, -0.25) is 4.79 Å². The Morgan fingerprint density at radius 3 is 2.42 bits per heavy atom. The Balaban J connectivity index is 1.94. The molecule has 5 nitrogen and oxygen atoms in total. The van der Waals surface area contributed by atoms with Gasteiger partial charge in [0.2, 0.25) is 0 Å². The van der Waals surface area contributed by atoms with Crippen LogP contribution in [-0.2, 0) is 16.0 Å². The lowest BCUT2D eigenvalue weighted by molar-refractivity contribution is -0.125. The Kier molecular flexibility index (Phi) is 6.18. The van der Waals surface area contributed by atoms with Gasteiger partial charge in [-0.15, -0.1) is 0 Å². The van der Waals surface area contributed by atoms with E-state index in [1.165, 1.54) is 5.56 Å². The molecule has 0 aliphatic heterocycles. The minimum absolute atomic E-state index is 0.118. The van der Waals surface area contributed by atoms with E-state index >= 15 is 0 Å². The van der Waals surface area contributed by atoms with Gasteiger partial charge in [-0.1, -0.05) is 45.0 Å². The molecule has 128 valence electrons. The molecule has 1 aromatic heterocycles. The van der Waals surface area contributed by atoms with Gasteiger partial charge in [0.1, 0.15) is 5.69 Å². The lowest BCUT2D eigenvalue weighted by atomic mass is 9.95. The fourth-order valence-electron chi connectivity index (χ4n) is 2.48. The molecule has 24 heavy (non-hydrogen) atoms. The number of aryl methyl sites for hydroxylation is 1. The molecule has 0 aliphatic rings. The van der Waals surface area contributed by atoms with Crippen LogP contribution in [0.2, 0.25) is 0 Å². The third-order valence-electron chi connectivity index (χ3n) is 3.88. The molecule has 0 saturated carbocycles. The smallest absolute Gasteiger partial charge is 0.355 e. The molecule has 1 amide bonds. The first kappa shape index (κ1) is 17.8. The van der Waals surface area contributed by atoms with E-state index in [4.69, 9.17) is 4.74 Å². The predicted molar refractivity (Wildman–Crippen MR) is 92.6 cm³/mol. The summed E-state index contributed by atoms with van der Waals surface area (Å²) >= 11 is 0. The van der Waals surface area contributed by atoms with Gasteiger partial charge in [0.15, 0.2) is 6.61 Å². The van der Waals surface area contributed by atoms with Gasteiger partial charge in [0.05, 0.1) is 6.04 Å². The van der Waals surface area contributed by atoms with Gasteiger partial charge in [-0.25, -0.2) is 4.79 Å². The van der Waals surface area contributed by atoms with Crippen molar-refractivity contribution >= 4 is 11.9 Å². The molecule has 0 bridgehead atoms. The van der Waals surface area contributed by atoms with Crippen molar-refractivity contribution in [1.29, 1.82) is 0 Å². The van der Waals surface area contributed by atoms with Crippen LogP contribution >= 0.6 is 0 Å². The van der Waals surface area contributed by atoms with Crippen molar-refractivity contribution in [3.05, 3.63) is 59.4 Å². The van der Waals surface area contributed by atoms with E-state index in [0.717, 1.165) is 12.0 Å². The van der Waals surface area contributed by atoms with Gasteiger partial charge < -0.3 is 15.0 Å².